The zero-order valence-electron chi connectivity index (χ0n) is 11.0. The lowest BCUT2D eigenvalue weighted by molar-refractivity contribution is 0.313. The van der Waals surface area contributed by atoms with Crippen LogP contribution >= 0.6 is 15.9 Å². The van der Waals surface area contributed by atoms with Crippen molar-refractivity contribution in [3.05, 3.63) is 15.9 Å². The van der Waals surface area contributed by atoms with Crippen molar-refractivity contribution in [2.75, 3.05) is 6.54 Å². The van der Waals surface area contributed by atoms with Crippen LogP contribution in [-0.4, -0.2) is 16.3 Å². The van der Waals surface area contributed by atoms with Crippen LogP contribution in [0.1, 0.15) is 44.0 Å². The highest BCUT2D eigenvalue weighted by molar-refractivity contribution is 9.10. The third-order valence-corrected chi connectivity index (χ3v) is 4.95. The quantitative estimate of drug-likeness (QED) is 0.925. The standard InChI is InChI=1S/C13H22BrN3/c1-10-12(14)11(17(3)16-10)8-15-9-13(2)6-4-5-7-13/h15H,4-9H2,1-3H3. The number of aryl methyl sites for hydroxylation is 2. The molecule has 1 fully saturated rings. The molecule has 0 atom stereocenters. The van der Waals surface area contributed by atoms with Crippen LogP contribution in [0.5, 0.6) is 0 Å². The number of halogens is 1. The van der Waals surface area contributed by atoms with Crippen molar-refractivity contribution < 1.29 is 0 Å². The van der Waals surface area contributed by atoms with Crippen molar-refractivity contribution in [1.29, 1.82) is 0 Å². The van der Waals surface area contributed by atoms with E-state index in [1.807, 2.05) is 18.7 Å². The predicted octanol–water partition coefficient (Wildman–Crippen LogP) is 3.16. The molecule has 1 N–H and O–H groups in total. The Bertz CT molecular complexity index is 392. The summed E-state index contributed by atoms with van der Waals surface area (Å²) >= 11 is 3.60. The van der Waals surface area contributed by atoms with E-state index in [1.165, 1.54) is 31.4 Å². The summed E-state index contributed by atoms with van der Waals surface area (Å²) in [6.07, 6.45) is 5.52. The summed E-state index contributed by atoms with van der Waals surface area (Å²) in [5, 5.41) is 8.00. The normalized spacial score (nSPS) is 18.8. The second kappa shape index (κ2) is 5.11. The van der Waals surface area contributed by atoms with Crippen LogP contribution in [0.4, 0.5) is 0 Å². The van der Waals surface area contributed by atoms with Gasteiger partial charge >= 0.3 is 0 Å². The molecule has 2 rings (SSSR count). The third-order valence-electron chi connectivity index (χ3n) is 3.92. The van der Waals surface area contributed by atoms with Crippen molar-refractivity contribution >= 4 is 15.9 Å². The fraction of sp³-hybridized carbons (Fsp3) is 0.769. The molecule has 0 spiro atoms. The average molecular weight is 300 g/mol. The molecule has 0 unspecified atom stereocenters. The minimum atomic E-state index is 0.514. The van der Waals surface area contributed by atoms with Gasteiger partial charge in [0.1, 0.15) is 0 Å². The Morgan fingerprint density at radius 2 is 2.06 bits per heavy atom. The Morgan fingerprint density at radius 1 is 1.41 bits per heavy atom. The number of rotatable bonds is 4. The van der Waals surface area contributed by atoms with Crippen LogP contribution in [0.15, 0.2) is 4.47 Å². The molecule has 3 nitrogen and oxygen atoms in total. The maximum Gasteiger partial charge on any atom is 0.0739 e. The summed E-state index contributed by atoms with van der Waals surface area (Å²) in [6, 6.07) is 0. The number of nitrogens with one attached hydrogen (secondary N) is 1. The van der Waals surface area contributed by atoms with Crippen LogP contribution < -0.4 is 5.32 Å². The molecular weight excluding hydrogens is 278 g/mol. The van der Waals surface area contributed by atoms with E-state index in [1.54, 1.807) is 0 Å². The van der Waals surface area contributed by atoms with E-state index in [-0.39, 0.29) is 0 Å². The van der Waals surface area contributed by atoms with E-state index >= 15 is 0 Å². The predicted molar refractivity (Wildman–Crippen MR) is 73.9 cm³/mol. The molecule has 1 aliphatic rings. The molecule has 0 radical (unpaired) electrons. The molecule has 1 saturated carbocycles. The van der Waals surface area contributed by atoms with E-state index in [0.29, 0.717) is 5.41 Å². The molecule has 0 aromatic carbocycles. The van der Waals surface area contributed by atoms with Crippen molar-refractivity contribution in [2.45, 2.75) is 46.1 Å². The fourth-order valence-corrected chi connectivity index (χ4v) is 3.24. The molecule has 0 amide bonds. The van der Waals surface area contributed by atoms with E-state index in [4.69, 9.17) is 0 Å². The fourth-order valence-electron chi connectivity index (χ4n) is 2.76. The van der Waals surface area contributed by atoms with Gasteiger partial charge in [-0.3, -0.25) is 4.68 Å². The lowest BCUT2D eigenvalue weighted by atomic mass is 9.89. The molecule has 4 heteroatoms. The largest absolute Gasteiger partial charge is 0.311 e. The molecule has 1 heterocycles. The average Bonchev–Trinajstić information content (AvgIpc) is 2.79. The topological polar surface area (TPSA) is 29.9 Å². The van der Waals surface area contributed by atoms with Gasteiger partial charge in [0, 0.05) is 20.1 Å². The number of nitrogens with zero attached hydrogens (tertiary/aromatic N) is 2. The maximum absolute atomic E-state index is 4.41. The summed E-state index contributed by atoms with van der Waals surface area (Å²) in [5.74, 6) is 0. The van der Waals surface area contributed by atoms with Crippen LogP contribution in [0, 0.1) is 12.3 Å². The highest BCUT2D eigenvalue weighted by Gasteiger charge is 2.28. The lowest BCUT2D eigenvalue weighted by Crippen LogP contribution is -2.29. The second-order valence-electron chi connectivity index (χ2n) is 5.59. The molecule has 0 saturated heterocycles. The molecule has 1 aromatic heterocycles. The molecule has 1 aromatic rings. The SMILES string of the molecule is Cc1nn(C)c(CNCC2(C)CCCC2)c1Br. The van der Waals surface area contributed by atoms with Gasteiger partial charge in [0.2, 0.25) is 0 Å². The molecule has 96 valence electrons. The van der Waals surface area contributed by atoms with Gasteiger partial charge in [0.15, 0.2) is 0 Å². The van der Waals surface area contributed by atoms with Gasteiger partial charge < -0.3 is 5.32 Å². The summed E-state index contributed by atoms with van der Waals surface area (Å²) in [4.78, 5) is 0. The summed E-state index contributed by atoms with van der Waals surface area (Å²) in [5.41, 5.74) is 2.82. The van der Waals surface area contributed by atoms with Crippen molar-refractivity contribution in [3.8, 4) is 0 Å². The van der Waals surface area contributed by atoms with Crippen molar-refractivity contribution in [2.24, 2.45) is 12.5 Å². The monoisotopic (exact) mass is 299 g/mol. The van der Waals surface area contributed by atoms with Crippen LogP contribution in [0.3, 0.4) is 0 Å². The molecule has 1 aliphatic carbocycles. The first-order valence-corrected chi connectivity index (χ1v) is 7.20. The smallest absolute Gasteiger partial charge is 0.0739 e. The Kier molecular flexibility index (Phi) is 3.93. The molecule has 0 bridgehead atoms. The van der Waals surface area contributed by atoms with Gasteiger partial charge in [-0.2, -0.15) is 5.10 Å². The van der Waals surface area contributed by atoms with Crippen LogP contribution in [-0.2, 0) is 13.6 Å². The van der Waals surface area contributed by atoms with Gasteiger partial charge in [-0.1, -0.05) is 19.8 Å². The van der Waals surface area contributed by atoms with Gasteiger partial charge in [-0.25, -0.2) is 0 Å². The van der Waals surface area contributed by atoms with Crippen LogP contribution in [0.2, 0.25) is 0 Å². The first-order chi connectivity index (χ1) is 8.02. The minimum absolute atomic E-state index is 0.514. The first kappa shape index (κ1) is 13.1. The molecule has 0 aliphatic heterocycles. The second-order valence-corrected chi connectivity index (χ2v) is 6.38. The first-order valence-electron chi connectivity index (χ1n) is 6.40. The van der Waals surface area contributed by atoms with E-state index in [0.717, 1.165) is 23.3 Å². The van der Waals surface area contributed by atoms with E-state index in [9.17, 15) is 0 Å². The number of hydrogen-bond donors (Lipinski definition) is 1. The van der Waals surface area contributed by atoms with Gasteiger partial charge in [0.05, 0.1) is 15.9 Å². The van der Waals surface area contributed by atoms with Crippen molar-refractivity contribution in [1.82, 2.24) is 15.1 Å². The number of hydrogen-bond acceptors (Lipinski definition) is 2. The summed E-state index contributed by atoms with van der Waals surface area (Å²) < 4.78 is 3.10. The zero-order valence-corrected chi connectivity index (χ0v) is 12.6. The Balaban J connectivity index is 1.89. The van der Waals surface area contributed by atoms with Gasteiger partial charge in [0.25, 0.3) is 0 Å². The summed E-state index contributed by atoms with van der Waals surface area (Å²) in [7, 11) is 2.01. The van der Waals surface area contributed by atoms with Gasteiger partial charge in [-0.05, 0) is 41.1 Å². The summed E-state index contributed by atoms with van der Waals surface area (Å²) in [6.45, 7) is 6.44. The third kappa shape index (κ3) is 2.91. The van der Waals surface area contributed by atoms with E-state index < -0.39 is 0 Å². The van der Waals surface area contributed by atoms with E-state index in [2.05, 4.69) is 33.3 Å². The Morgan fingerprint density at radius 3 is 2.59 bits per heavy atom. The van der Waals surface area contributed by atoms with Crippen LogP contribution in [0.25, 0.3) is 0 Å². The van der Waals surface area contributed by atoms with Crippen molar-refractivity contribution in [3.63, 3.8) is 0 Å². The lowest BCUT2D eigenvalue weighted by Gasteiger charge is -2.23. The highest BCUT2D eigenvalue weighted by atomic mass is 79.9. The maximum atomic E-state index is 4.41. The Labute approximate surface area is 112 Å². The Hall–Kier alpha value is -0.350. The molecular formula is C13H22BrN3. The minimum Gasteiger partial charge on any atom is -0.311 e. The highest BCUT2D eigenvalue weighted by Crippen LogP contribution is 2.36. The number of aromatic nitrogens is 2. The zero-order chi connectivity index (χ0) is 12.5. The molecule has 17 heavy (non-hydrogen) atoms. The van der Waals surface area contributed by atoms with Gasteiger partial charge in [-0.15, -0.1) is 0 Å².